The SMILES string of the molecule is CC(=O)CCCOC1CCOC1. The number of ether oxygens (including phenoxy) is 2. The van der Waals surface area contributed by atoms with Crippen molar-refractivity contribution in [1.82, 2.24) is 0 Å². The van der Waals surface area contributed by atoms with Crippen LogP contribution in [0.2, 0.25) is 0 Å². The molecule has 0 aromatic heterocycles. The van der Waals surface area contributed by atoms with Gasteiger partial charge in [-0.05, 0) is 19.8 Å². The predicted octanol–water partition coefficient (Wildman–Crippen LogP) is 1.16. The molecule has 0 N–H and O–H groups in total. The van der Waals surface area contributed by atoms with Crippen molar-refractivity contribution in [1.29, 1.82) is 0 Å². The van der Waals surface area contributed by atoms with Crippen molar-refractivity contribution in [2.24, 2.45) is 0 Å². The molecule has 3 heteroatoms. The van der Waals surface area contributed by atoms with Gasteiger partial charge in [-0.2, -0.15) is 0 Å². The molecule has 1 aliphatic rings. The van der Waals surface area contributed by atoms with Crippen molar-refractivity contribution < 1.29 is 14.3 Å². The van der Waals surface area contributed by atoms with Gasteiger partial charge in [0.15, 0.2) is 0 Å². The van der Waals surface area contributed by atoms with E-state index < -0.39 is 0 Å². The van der Waals surface area contributed by atoms with Crippen LogP contribution in [0.3, 0.4) is 0 Å². The van der Waals surface area contributed by atoms with Gasteiger partial charge in [0.2, 0.25) is 0 Å². The molecular formula is C9H16O3. The molecule has 70 valence electrons. The molecule has 0 aromatic rings. The molecule has 1 saturated heterocycles. The lowest BCUT2D eigenvalue weighted by atomic mass is 10.2. The molecule has 1 heterocycles. The molecule has 1 aliphatic heterocycles. The number of hydrogen-bond donors (Lipinski definition) is 0. The van der Waals surface area contributed by atoms with E-state index in [2.05, 4.69) is 0 Å². The standard InChI is InChI=1S/C9H16O3/c1-8(10)3-2-5-12-9-4-6-11-7-9/h9H,2-7H2,1H3. The first-order chi connectivity index (χ1) is 5.79. The Morgan fingerprint density at radius 3 is 3.08 bits per heavy atom. The Kier molecular flexibility index (Phi) is 4.25. The molecule has 0 aliphatic carbocycles. The van der Waals surface area contributed by atoms with Crippen LogP contribution in [0.5, 0.6) is 0 Å². The van der Waals surface area contributed by atoms with Gasteiger partial charge in [-0.1, -0.05) is 0 Å². The molecule has 1 fully saturated rings. The Hall–Kier alpha value is -0.410. The van der Waals surface area contributed by atoms with Crippen LogP contribution < -0.4 is 0 Å². The lowest BCUT2D eigenvalue weighted by Gasteiger charge is -2.08. The third kappa shape index (κ3) is 3.83. The molecule has 1 atom stereocenters. The first-order valence-electron chi connectivity index (χ1n) is 4.48. The van der Waals surface area contributed by atoms with E-state index in [0.29, 0.717) is 13.0 Å². The highest BCUT2D eigenvalue weighted by Gasteiger charge is 2.15. The summed E-state index contributed by atoms with van der Waals surface area (Å²) in [5, 5.41) is 0. The zero-order chi connectivity index (χ0) is 8.81. The summed E-state index contributed by atoms with van der Waals surface area (Å²) in [6.07, 6.45) is 2.75. The van der Waals surface area contributed by atoms with Gasteiger partial charge in [0.1, 0.15) is 5.78 Å². The molecule has 1 unspecified atom stereocenters. The summed E-state index contributed by atoms with van der Waals surface area (Å²) >= 11 is 0. The minimum Gasteiger partial charge on any atom is -0.379 e. The Labute approximate surface area is 73.0 Å². The van der Waals surface area contributed by atoms with Gasteiger partial charge in [-0.25, -0.2) is 0 Å². The zero-order valence-corrected chi connectivity index (χ0v) is 7.54. The van der Waals surface area contributed by atoms with Gasteiger partial charge < -0.3 is 14.3 Å². The van der Waals surface area contributed by atoms with Crippen LogP contribution in [0.25, 0.3) is 0 Å². The largest absolute Gasteiger partial charge is 0.379 e. The highest BCUT2D eigenvalue weighted by molar-refractivity contribution is 5.75. The van der Waals surface area contributed by atoms with Gasteiger partial charge >= 0.3 is 0 Å². The minimum atomic E-state index is 0.237. The lowest BCUT2D eigenvalue weighted by molar-refractivity contribution is -0.117. The van der Waals surface area contributed by atoms with E-state index in [-0.39, 0.29) is 11.9 Å². The molecule has 3 nitrogen and oxygen atoms in total. The highest BCUT2D eigenvalue weighted by atomic mass is 16.5. The average Bonchev–Trinajstić information content (AvgIpc) is 2.49. The number of rotatable bonds is 5. The third-order valence-electron chi connectivity index (χ3n) is 1.91. The maximum atomic E-state index is 10.6. The fourth-order valence-corrected chi connectivity index (χ4v) is 1.22. The van der Waals surface area contributed by atoms with Crippen molar-refractivity contribution in [3.05, 3.63) is 0 Å². The summed E-state index contributed by atoms with van der Waals surface area (Å²) in [4.78, 5) is 10.6. The van der Waals surface area contributed by atoms with E-state index in [4.69, 9.17) is 9.47 Å². The third-order valence-corrected chi connectivity index (χ3v) is 1.91. The van der Waals surface area contributed by atoms with E-state index in [1.54, 1.807) is 6.92 Å². The second-order valence-electron chi connectivity index (χ2n) is 3.16. The predicted molar refractivity (Wildman–Crippen MR) is 45.1 cm³/mol. The Morgan fingerprint density at radius 2 is 2.50 bits per heavy atom. The summed E-state index contributed by atoms with van der Waals surface area (Å²) in [5.74, 6) is 0.237. The number of carbonyl (C=O) groups excluding carboxylic acids is 1. The lowest BCUT2D eigenvalue weighted by Crippen LogP contribution is -2.13. The fraction of sp³-hybridized carbons (Fsp3) is 0.889. The van der Waals surface area contributed by atoms with Crippen molar-refractivity contribution in [2.45, 2.75) is 32.3 Å². The van der Waals surface area contributed by atoms with Crippen molar-refractivity contribution in [2.75, 3.05) is 19.8 Å². The van der Waals surface area contributed by atoms with E-state index in [9.17, 15) is 4.79 Å². The first-order valence-corrected chi connectivity index (χ1v) is 4.48. The van der Waals surface area contributed by atoms with Gasteiger partial charge in [-0.3, -0.25) is 0 Å². The molecule has 0 aromatic carbocycles. The smallest absolute Gasteiger partial charge is 0.129 e. The highest BCUT2D eigenvalue weighted by Crippen LogP contribution is 2.08. The summed E-state index contributed by atoms with van der Waals surface area (Å²) in [7, 11) is 0. The molecule has 12 heavy (non-hydrogen) atoms. The monoisotopic (exact) mass is 172 g/mol. The summed E-state index contributed by atoms with van der Waals surface area (Å²) < 4.78 is 10.6. The molecule has 1 rings (SSSR count). The van der Waals surface area contributed by atoms with Gasteiger partial charge in [0.05, 0.1) is 12.7 Å². The molecule has 0 bridgehead atoms. The molecule has 0 spiro atoms. The van der Waals surface area contributed by atoms with E-state index in [1.165, 1.54) is 0 Å². The van der Waals surface area contributed by atoms with E-state index >= 15 is 0 Å². The topological polar surface area (TPSA) is 35.5 Å². The number of Topliss-reactive ketones (excluding diaryl/α,β-unsaturated/α-hetero) is 1. The number of carbonyl (C=O) groups is 1. The van der Waals surface area contributed by atoms with Crippen LogP contribution in [0.4, 0.5) is 0 Å². The summed E-state index contributed by atoms with van der Waals surface area (Å²) in [6.45, 7) is 3.84. The van der Waals surface area contributed by atoms with E-state index in [1.807, 2.05) is 0 Å². The van der Waals surface area contributed by atoms with Crippen LogP contribution in [0, 0.1) is 0 Å². The summed E-state index contributed by atoms with van der Waals surface area (Å²) in [5.41, 5.74) is 0. The fourth-order valence-electron chi connectivity index (χ4n) is 1.22. The van der Waals surface area contributed by atoms with Crippen LogP contribution in [0.1, 0.15) is 26.2 Å². The normalized spacial score (nSPS) is 22.9. The summed E-state index contributed by atoms with van der Waals surface area (Å²) in [6, 6.07) is 0. The number of hydrogen-bond acceptors (Lipinski definition) is 3. The van der Waals surface area contributed by atoms with Crippen LogP contribution in [-0.2, 0) is 14.3 Å². The Balaban J connectivity index is 1.91. The maximum absolute atomic E-state index is 10.6. The van der Waals surface area contributed by atoms with Gasteiger partial charge in [-0.15, -0.1) is 0 Å². The van der Waals surface area contributed by atoms with Crippen molar-refractivity contribution >= 4 is 5.78 Å². The molecule has 0 amide bonds. The quantitative estimate of drug-likeness (QED) is 0.584. The minimum absolute atomic E-state index is 0.237. The van der Waals surface area contributed by atoms with Gasteiger partial charge in [0.25, 0.3) is 0 Å². The van der Waals surface area contributed by atoms with Crippen LogP contribution in [0.15, 0.2) is 0 Å². The van der Waals surface area contributed by atoms with Gasteiger partial charge in [0, 0.05) is 19.6 Å². The van der Waals surface area contributed by atoms with E-state index in [0.717, 1.165) is 26.1 Å². The molecular weight excluding hydrogens is 156 g/mol. The second kappa shape index (κ2) is 5.27. The Bertz CT molecular complexity index is 139. The van der Waals surface area contributed by atoms with Crippen LogP contribution >= 0.6 is 0 Å². The maximum Gasteiger partial charge on any atom is 0.129 e. The molecule has 0 radical (unpaired) electrons. The zero-order valence-electron chi connectivity index (χ0n) is 7.54. The first kappa shape index (κ1) is 9.68. The second-order valence-corrected chi connectivity index (χ2v) is 3.16. The van der Waals surface area contributed by atoms with Crippen molar-refractivity contribution in [3.63, 3.8) is 0 Å². The average molecular weight is 172 g/mol. The van der Waals surface area contributed by atoms with Crippen molar-refractivity contribution in [3.8, 4) is 0 Å². The molecule has 0 saturated carbocycles. The number of ketones is 1. The Morgan fingerprint density at radius 1 is 1.67 bits per heavy atom. The van der Waals surface area contributed by atoms with Crippen LogP contribution in [-0.4, -0.2) is 31.7 Å².